The monoisotopic (exact) mass is 386 g/mol. The average molecular weight is 387 g/mol. The van der Waals surface area contributed by atoms with E-state index in [0.29, 0.717) is 41.2 Å². The molecule has 0 radical (unpaired) electrons. The Balaban J connectivity index is 1.61. The van der Waals surface area contributed by atoms with Crippen molar-refractivity contribution in [3.8, 4) is 0 Å². The van der Waals surface area contributed by atoms with Gasteiger partial charge in [-0.3, -0.25) is 9.69 Å². The number of hydrogen-bond donors (Lipinski definition) is 2. The fourth-order valence-electron chi connectivity index (χ4n) is 2.85. The number of carbonyl (C=O) groups excluding carboxylic acids is 1. The van der Waals surface area contributed by atoms with Crippen molar-refractivity contribution in [1.29, 1.82) is 0 Å². The van der Waals surface area contributed by atoms with Crippen molar-refractivity contribution in [1.82, 2.24) is 19.9 Å². The van der Waals surface area contributed by atoms with Crippen LogP contribution in [0.2, 0.25) is 5.02 Å². The minimum absolute atomic E-state index is 0.267. The second-order valence-corrected chi connectivity index (χ2v) is 6.45. The van der Waals surface area contributed by atoms with Gasteiger partial charge in [-0.2, -0.15) is 4.98 Å². The normalized spacial score (nSPS) is 15.0. The van der Waals surface area contributed by atoms with Gasteiger partial charge in [0.1, 0.15) is 18.1 Å². The number of aromatic nitrogens is 4. The van der Waals surface area contributed by atoms with Crippen molar-refractivity contribution in [2.24, 2.45) is 0 Å². The van der Waals surface area contributed by atoms with Crippen LogP contribution in [0.15, 0.2) is 35.4 Å². The van der Waals surface area contributed by atoms with Gasteiger partial charge in [0.25, 0.3) is 5.56 Å². The van der Waals surface area contributed by atoms with Gasteiger partial charge in [0, 0.05) is 23.3 Å². The van der Waals surface area contributed by atoms with Crippen LogP contribution in [-0.4, -0.2) is 39.2 Å². The minimum atomic E-state index is -0.442. The number of nitrogens with one attached hydrogen (secondary N) is 2. The summed E-state index contributed by atoms with van der Waals surface area (Å²) in [6, 6.07) is 4.69. The molecule has 4 heterocycles. The van der Waals surface area contributed by atoms with E-state index in [1.165, 1.54) is 17.3 Å². The van der Waals surface area contributed by atoms with E-state index in [0.717, 1.165) is 5.39 Å². The summed E-state index contributed by atoms with van der Waals surface area (Å²) in [7, 11) is 0. The molecule has 3 aromatic heterocycles. The zero-order chi connectivity index (χ0) is 19.0. The Morgan fingerprint density at radius 1 is 1.33 bits per heavy atom. The van der Waals surface area contributed by atoms with E-state index >= 15 is 0 Å². The molecule has 10 heteroatoms. The van der Waals surface area contributed by atoms with Crippen molar-refractivity contribution >= 4 is 40.5 Å². The second-order valence-electron chi connectivity index (χ2n) is 6.02. The molecule has 1 aliphatic heterocycles. The lowest BCUT2D eigenvalue weighted by Gasteiger charge is -2.16. The molecule has 1 saturated heterocycles. The predicted octanol–water partition coefficient (Wildman–Crippen LogP) is 2.50. The average Bonchev–Trinajstić information content (AvgIpc) is 3.07. The van der Waals surface area contributed by atoms with Crippen molar-refractivity contribution in [2.45, 2.75) is 13.0 Å². The third-order valence-corrected chi connectivity index (χ3v) is 4.39. The number of amides is 1. The smallest absolute Gasteiger partial charge is 0.415 e. The van der Waals surface area contributed by atoms with Crippen molar-refractivity contribution < 1.29 is 9.53 Å². The number of halogens is 1. The Bertz CT molecular complexity index is 1090. The van der Waals surface area contributed by atoms with Crippen LogP contribution in [0.3, 0.4) is 0 Å². The van der Waals surface area contributed by atoms with Crippen LogP contribution in [0.25, 0.3) is 11.0 Å². The number of carbonyl (C=O) groups is 1. The first-order chi connectivity index (χ1) is 13.0. The molecule has 9 nitrogen and oxygen atoms in total. The molecular weight excluding hydrogens is 372 g/mol. The summed E-state index contributed by atoms with van der Waals surface area (Å²) in [4.78, 5) is 40.8. The Labute approximate surface area is 158 Å². The van der Waals surface area contributed by atoms with Crippen molar-refractivity contribution in [3.63, 3.8) is 0 Å². The highest BCUT2D eigenvalue weighted by Gasteiger charge is 2.25. The lowest BCUT2D eigenvalue weighted by molar-refractivity contribution is 0.181. The molecule has 0 spiro atoms. The third-order valence-electron chi connectivity index (χ3n) is 4.18. The van der Waals surface area contributed by atoms with Gasteiger partial charge in [-0.25, -0.2) is 14.8 Å². The molecule has 2 N–H and O–H groups in total. The molecule has 3 aromatic rings. The quantitative estimate of drug-likeness (QED) is 0.708. The third kappa shape index (κ3) is 3.41. The highest BCUT2D eigenvalue weighted by molar-refractivity contribution is 6.31. The van der Waals surface area contributed by atoms with Gasteiger partial charge in [-0.15, -0.1) is 0 Å². The first-order valence-electron chi connectivity index (χ1n) is 8.23. The van der Waals surface area contributed by atoms with Crippen LogP contribution in [0.5, 0.6) is 0 Å². The maximum absolute atomic E-state index is 12.4. The summed E-state index contributed by atoms with van der Waals surface area (Å²) in [5, 5.41) is 4.29. The second kappa shape index (κ2) is 6.84. The topological polar surface area (TPSA) is 113 Å². The van der Waals surface area contributed by atoms with Gasteiger partial charge in [-0.05, 0) is 25.1 Å². The number of hydrogen-bond acceptors (Lipinski definition) is 7. The Kier molecular flexibility index (Phi) is 4.36. The van der Waals surface area contributed by atoms with Crippen LogP contribution >= 0.6 is 11.6 Å². The Morgan fingerprint density at radius 3 is 2.96 bits per heavy atom. The Hall–Kier alpha value is -3.20. The van der Waals surface area contributed by atoms with E-state index in [2.05, 4.69) is 25.3 Å². The fraction of sp³-hybridized carbons (Fsp3) is 0.235. The number of anilines is 2. The van der Waals surface area contributed by atoms with E-state index in [1.54, 1.807) is 18.2 Å². The number of pyridine rings is 2. The summed E-state index contributed by atoms with van der Waals surface area (Å²) >= 11 is 5.98. The molecule has 138 valence electrons. The number of rotatable bonds is 4. The van der Waals surface area contributed by atoms with Gasteiger partial charge in [0.05, 0.1) is 17.6 Å². The van der Waals surface area contributed by atoms with E-state index in [1.807, 2.05) is 6.92 Å². The number of ether oxygens (including phenoxy) is 1. The molecule has 1 amide bonds. The predicted molar refractivity (Wildman–Crippen MR) is 100 cm³/mol. The maximum atomic E-state index is 12.4. The summed E-state index contributed by atoms with van der Waals surface area (Å²) in [6.07, 6.45) is 2.57. The lowest BCUT2D eigenvalue weighted by Crippen LogP contribution is -2.25. The molecular formula is C17H15ClN6O3. The van der Waals surface area contributed by atoms with Crippen LogP contribution < -0.4 is 15.8 Å². The molecule has 0 saturated carbocycles. The fourth-order valence-corrected chi connectivity index (χ4v) is 3.01. The Morgan fingerprint density at radius 2 is 2.19 bits per heavy atom. The standard InChI is InChI=1S/C17H15ClN6O3/c1-9(12-7-10-6-11(18)8-20-14(10)23-15(12)25)21-16-19-3-2-13(22-16)24-4-5-27-17(24)26/h2-3,6-9H,4-5H2,1H3,(H,19,21,22)(H,20,23,25)/t9-/m0/s1. The molecule has 0 aliphatic carbocycles. The maximum Gasteiger partial charge on any atom is 0.415 e. The lowest BCUT2D eigenvalue weighted by atomic mass is 10.1. The number of H-pyrrole nitrogens is 1. The van der Waals surface area contributed by atoms with Gasteiger partial charge in [-0.1, -0.05) is 11.6 Å². The zero-order valence-corrected chi connectivity index (χ0v) is 15.0. The number of aromatic amines is 1. The van der Waals surface area contributed by atoms with Crippen molar-refractivity contribution in [3.05, 3.63) is 51.5 Å². The van der Waals surface area contributed by atoms with Crippen LogP contribution in [0.4, 0.5) is 16.6 Å². The molecule has 1 aliphatic rings. The van der Waals surface area contributed by atoms with Crippen LogP contribution in [0, 0.1) is 0 Å². The van der Waals surface area contributed by atoms with Gasteiger partial charge >= 0.3 is 6.09 Å². The van der Waals surface area contributed by atoms with E-state index in [9.17, 15) is 9.59 Å². The minimum Gasteiger partial charge on any atom is -0.447 e. The number of nitrogens with zero attached hydrogens (tertiary/aromatic N) is 4. The molecule has 1 atom stereocenters. The summed E-state index contributed by atoms with van der Waals surface area (Å²) in [5.41, 5.74) is 0.684. The largest absolute Gasteiger partial charge is 0.447 e. The molecule has 4 rings (SSSR count). The number of cyclic esters (lactones) is 1. The van der Waals surface area contributed by atoms with Crippen LogP contribution in [-0.2, 0) is 4.74 Å². The SMILES string of the molecule is C[C@H](Nc1nccc(N2CCOC2=O)n1)c1cc2cc(Cl)cnc2[nH]c1=O. The van der Waals surface area contributed by atoms with E-state index in [4.69, 9.17) is 16.3 Å². The number of fused-ring (bicyclic) bond motifs is 1. The molecule has 0 unspecified atom stereocenters. The van der Waals surface area contributed by atoms with E-state index < -0.39 is 12.1 Å². The molecule has 0 bridgehead atoms. The zero-order valence-electron chi connectivity index (χ0n) is 14.3. The van der Waals surface area contributed by atoms with Gasteiger partial charge < -0.3 is 15.0 Å². The summed E-state index contributed by atoms with van der Waals surface area (Å²) in [5.74, 6) is 0.731. The highest BCUT2D eigenvalue weighted by atomic mass is 35.5. The van der Waals surface area contributed by atoms with E-state index in [-0.39, 0.29) is 5.56 Å². The van der Waals surface area contributed by atoms with Gasteiger partial charge in [0.2, 0.25) is 5.95 Å². The summed E-state index contributed by atoms with van der Waals surface area (Å²) in [6.45, 7) is 2.57. The molecule has 27 heavy (non-hydrogen) atoms. The first kappa shape index (κ1) is 17.2. The first-order valence-corrected chi connectivity index (χ1v) is 8.61. The highest BCUT2D eigenvalue weighted by Crippen LogP contribution is 2.21. The van der Waals surface area contributed by atoms with Crippen molar-refractivity contribution in [2.75, 3.05) is 23.4 Å². The summed E-state index contributed by atoms with van der Waals surface area (Å²) < 4.78 is 4.92. The van der Waals surface area contributed by atoms with Crippen LogP contribution in [0.1, 0.15) is 18.5 Å². The molecule has 1 fully saturated rings. The molecule has 0 aromatic carbocycles. The van der Waals surface area contributed by atoms with Gasteiger partial charge in [0.15, 0.2) is 0 Å².